The number of benzene rings is 2. The maximum Gasteiger partial charge on any atom is 0.219 e. The number of methoxy groups -OCH3 is 1. The Kier molecular flexibility index (Phi) is 8.79. The first-order chi connectivity index (χ1) is 18.6. The Morgan fingerprint density at radius 3 is 2.76 bits per heavy atom. The van der Waals surface area contributed by atoms with E-state index in [1.54, 1.807) is 7.11 Å². The van der Waals surface area contributed by atoms with E-state index in [0.29, 0.717) is 18.4 Å². The van der Waals surface area contributed by atoms with E-state index in [2.05, 4.69) is 52.5 Å². The second-order valence-corrected chi connectivity index (χ2v) is 10.2. The van der Waals surface area contributed by atoms with Crippen molar-refractivity contribution < 1.29 is 18.9 Å². The van der Waals surface area contributed by atoms with E-state index in [-0.39, 0.29) is 6.10 Å². The molecule has 2 aliphatic rings. The number of piperidine rings is 1. The number of anilines is 1. The summed E-state index contributed by atoms with van der Waals surface area (Å²) in [6, 6.07) is 18.8. The minimum absolute atomic E-state index is 0.0988. The number of aromatic nitrogens is 1. The van der Waals surface area contributed by atoms with Gasteiger partial charge >= 0.3 is 0 Å². The summed E-state index contributed by atoms with van der Waals surface area (Å²) in [7, 11) is 1.75. The molecule has 2 atom stereocenters. The van der Waals surface area contributed by atoms with E-state index >= 15 is 0 Å². The van der Waals surface area contributed by atoms with Gasteiger partial charge < -0.3 is 29.2 Å². The number of fused-ring (bicyclic) bond motifs is 1. The summed E-state index contributed by atoms with van der Waals surface area (Å²) in [4.78, 5) is 6.88. The summed E-state index contributed by atoms with van der Waals surface area (Å²) >= 11 is 0. The molecule has 1 unspecified atom stereocenters. The van der Waals surface area contributed by atoms with Gasteiger partial charge in [-0.05, 0) is 80.3 Å². The molecule has 1 aromatic heterocycles. The summed E-state index contributed by atoms with van der Waals surface area (Å²) < 4.78 is 23.7. The molecule has 3 heterocycles. The lowest BCUT2D eigenvalue weighted by atomic mass is 9.87. The van der Waals surface area contributed by atoms with Gasteiger partial charge in [0.2, 0.25) is 5.88 Å². The van der Waals surface area contributed by atoms with Gasteiger partial charge in [-0.2, -0.15) is 0 Å². The Labute approximate surface area is 226 Å². The van der Waals surface area contributed by atoms with Crippen molar-refractivity contribution in [3.63, 3.8) is 0 Å². The molecule has 1 N–H and O–H groups in total. The number of nitrogens with one attached hydrogen (secondary N) is 1. The van der Waals surface area contributed by atoms with E-state index in [1.807, 2.05) is 31.2 Å². The zero-order valence-corrected chi connectivity index (χ0v) is 22.7. The maximum absolute atomic E-state index is 6.53. The van der Waals surface area contributed by atoms with Gasteiger partial charge in [-0.15, -0.1) is 0 Å². The van der Waals surface area contributed by atoms with Crippen molar-refractivity contribution in [2.75, 3.05) is 51.4 Å². The molecule has 38 heavy (non-hydrogen) atoms. The number of rotatable bonds is 10. The number of hydrogen-bond donors (Lipinski definition) is 1. The van der Waals surface area contributed by atoms with Crippen LogP contribution in [-0.4, -0.2) is 57.6 Å². The quantitative estimate of drug-likeness (QED) is 0.362. The topological polar surface area (TPSA) is 65.1 Å². The number of pyridine rings is 1. The van der Waals surface area contributed by atoms with Crippen molar-refractivity contribution in [2.45, 2.75) is 45.3 Å². The van der Waals surface area contributed by atoms with Gasteiger partial charge in [0.25, 0.3) is 0 Å². The van der Waals surface area contributed by atoms with Crippen LogP contribution in [0.3, 0.4) is 0 Å². The van der Waals surface area contributed by atoms with Crippen LogP contribution in [0, 0.1) is 13.8 Å². The Bertz CT molecular complexity index is 1180. The van der Waals surface area contributed by atoms with Crippen LogP contribution in [0.15, 0.2) is 54.6 Å². The molecule has 7 heteroatoms. The van der Waals surface area contributed by atoms with Gasteiger partial charge in [0.15, 0.2) is 0 Å². The fraction of sp³-hybridized carbons (Fsp3) is 0.452. The smallest absolute Gasteiger partial charge is 0.219 e. The van der Waals surface area contributed by atoms with Gasteiger partial charge in [-0.25, -0.2) is 4.98 Å². The highest BCUT2D eigenvalue weighted by Gasteiger charge is 2.27. The highest BCUT2D eigenvalue weighted by atomic mass is 16.5. The molecule has 202 valence electrons. The highest BCUT2D eigenvalue weighted by molar-refractivity contribution is 5.61. The second kappa shape index (κ2) is 12.6. The zero-order chi connectivity index (χ0) is 26.3. The molecule has 0 spiro atoms. The molecule has 2 aromatic carbocycles. The highest BCUT2D eigenvalue weighted by Crippen LogP contribution is 2.34. The fourth-order valence-corrected chi connectivity index (χ4v) is 5.39. The van der Waals surface area contributed by atoms with Crippen molar-refractivity contribution in [2.24, 2.45) is 0 Å². The maximum atomic E-state index is 6.53. The third-order valence-electron chi connectivity index (χ3n) is 7.25. The first-order valence-corrected chi connectivity index (χ1v) is 13.6. The lowest BCUT2D eigenvalue weighted by Crippen LogP contribution is -2.41. The van der Waals surface area contributed by atoms with Crippen molar-refractivity contribution in [3.8, 4) is 17.4 Å². The minimum atomic E-state index is 0.0988. The molecular formula is C31H39N3O4. The first-order valence-electron chi connectivity index (χ1n) is 13.6. The molecule has 3 aromatic rings. The Hall–Kier alpha value is -3.13. The molecule has 1 saturated heterocycles. The van der Waals surface area contributed by atoms with E-state index in [4.69, 9.17) is 18.9 Å². The van der Waals surface area contributed by atoms with Crippen LogP contribution in [0.4, 0.5) is 5.69 Å². The van der Waals surface area contributed by atoms with Crippen LogP contribution in [0.2, 0.25) is 0 Å². The second-order valence-electron chi connectivity index (χ2n) is 10.2. The number of aryl methyl sites for hydroxylation is 2. The monoisotopic (exact) mass is 517 g/mol. The predicted molar refractivity (Wildman–Crippen MR) is 150 cm³/mol. The van der Waals surface area contributed by atoms with Gasteiger partial charge in [-0.1, -0.05) is 18.2 Å². The average Bonchev–Trinajstić information content (AvgIpc) is 2.92. The van der Waals surface area contributed by atoms with Crippen LogP contribution in [0.25, 0.3) is 0 Å². The van der Waals surface area contributed by atoms with Crippen LogP contribution in [0.1, 0.15) is 41.1 Å². The van der Waals surface area contributed by atoms with E-state index in [0.717, 1.165) is 80.7 Å². The van der Waals surface area contributed by atoms with E-state index in [1.165, 1.54) is 11.1 Å². The van der Waals surface area contributed by atoms with Gasteiger partial charge in [0.05, 0.1) is 24.9 Å². The molecular weight excluding hydrogens is 478 g/mol. The summed E-state index contributed by atoms with van der Waals surface area (Å²) in [5, 5.41) is 3.51. The molecule has 7 nitrogen and oxygen atoms in total. The minimum Gasteiger partial charge on any atom is -0.490 e. The third kappa shape index (κ3) is 6.65. The summed E-state index contributed by atoms with van der Waals surface area (Å²) in [6.07, 6.45) is 2.13. The van der Waals surface area contributed by atoms with Crippen LogP contribution >= 0.6 is 0 Å². The Morgan fingerprint density at radius 2 is 1.95 bits per heavy atom. The molecule has 1 fully saturated rings. The first kappa shape index (κ1) is 26.5. The molecule has 0 bridgehead atoms. The third-order valence-corrected chi connectivity index (χ3v) is 7.25. The van der Waals surface area contributed by atoms with Gasteiger partial charge in [0, 0.05) is 44.5 Å². The molecule has 0 saturated carbocycles. The normalized spacial score (nSPS) is 19.1. The standard InChI is InChI=1S/C31H39N3O4/c1-22-17-23(2)33-31(18-22)38-26-8-6-25(7-9-26)27-11-12-32-20-30(27)37-21-24-5-10-29-28(19-24)34(14-16-36-29)13-4-15-35-3/h5-10,17-19,27,30,32H,4,11-16,20-21H2,1-3H3/t27-,30?/m1/s1. The van der Waals surface area contributed by atoms with Crippen molar-refractivity contribution in [1.29, 1.82) is 0 Å². The fourth-order valence-electron chi connectivity index (χ4n) is 5.39. The molecule has 5 rings (SSSR count). The molecule has 2 aliphatic heterocycles. The lowest BCUT2D eigenvalue weighted by Gasteiger charge is -2.33. The number of ether oxygens (including phenoxy) is 4. The SMILES string of the molecule is COCCCN1CCOc2ccc(COC3CNCC[C@@H]3c3ccc(Oc4cc(C)cc(C)n4)cc3)cc21. The molecule has 0 aliphatic carbocycles. The van der Waals surface area contributed by atoms with Gasteiger partial charge in [0.1, 0.15) is 18.1 Å². The summed E-state index contributed by atoms with van der Waals surface area (Å²) in [5.74, 6) is 2.71. The van der Waals surface area contributed by atoms with Crippen molar-refractivity contribution >= 4 is 5.69 Å². The van der Waals surface area contributed by atoms with Crippen molar-refractivity contribution in [1.82, 2.24) is 10.3 Å². The van der Waals surface area contributed by atoms with E-state index < -0.39 is 0 Å². The summed E-state index contributed by atoms with van der Waals surface area (Å²) in [6.45, 7) is 9.78. The van der Waals surface area contributed by atoms with Crippen LogP contribution < -0.4 is 19.7 Å². The molecule has 0 amide bonds. The largest absolute Gasteiger partial charge is 0.490 e. The average molecular weight is 518 g/mol. The zero-order valence-electron chi connectivity index (χ0n) is 22.7. The predicted octanol–water partition coefficient (Wildman–Crippen LogP) is 5.39. The van der Waals surface area contributed by atoms with Crippen LogP contribution in [0.5, 0.6) is 17.4 Å². The summed E-state index contributed by atoms with van der Waals surface area (Å²) in [5.41, 5.74) is 5.70. The molecule has 0 radical (unpaired) electrons. The number of nitrogens with zero attached hydrogens (tertiary/aromatic N) is 2. The Morgan fingerprint density at radius 1 is 1.08 bits per heavy atom. The Balaban J connectivity index is 1.23. The lowest BCUT2D eigenvalue weighted by molar-refractivity contribution is 0.0106. The van der Waals surface area contributed by atoms with Crippen LogP contribution in [-0.2, 0) is 16.1 Å². The van der Waals surface area contributed by atoms with Gasteiger partial charge in [-0.3, -0.25) is 0 Å². The number of hydrogen-bond acceptors (Lipinski definition) is 7. The van der Waals surface area contributed by atoms with E-state index in [9.17, 15) is 0 Å². The van der Waals surface area contributed by atoms with Crippen molar-refractivity contribution in [3.05, 3.63) is 77.0 Å².